The van der Waals surface area contributed by atoms with Crippen molar-refractivity contribution < 1.29 is 9.13 Å². The van der Waals surface area contributed by atoms with Gasteiger partial charge >= 0.3 is 0 Å². The third-order valence-corrected chi connectivity index (χ3v) is 7.24. The fourth-order valence-corrected chi connectivity index (χ4v) is 5.00. The standard InChI is InChI=1S/C30H30ClFN6O/c1-39-12-11-38-9-6-24(7-10-38)36-19-22(16-33)20-13-21(18-34-17-20)26-15-29(27-14-23(31)4-5-28(27)32)37-30-25(26)3-2-8-35-30/h2-5,8,13-19,24,33,36H,6-7,9-12H2,1H3/b22-19+,33-16?. The summed E-state index contributed by atoms with van der Waals surface area (Å²) in [5.74, 6) is -0.412. The molecule has 1 aromatic carbocycles. The SMILES string of the molecule is COCCN1CCC(N/C=C(\C=N)c2cncc(-c3cc(-c4cc(Cl)ccc4F)nc4ncccc34)c2)CC1. The van der Waals surface area contributed by atoms with E-state index >= 15 is 0 Å². The van der Waals surface area contributed by atoms with E-state index < -0.39 is 5.82 Å². The van der Waals surface area contributed by atoms with Gasteiger partial charge in [-0.2, -0.15) is 0 Å². The molecule has 1 fully saturated rings. The van der Waals surface area contributed by atoms with Gasteiger partial charge in [-0.1, -0.05) is 11.6 Å². The third-order valence-electron chi connectivity index (χ3n) is 7.00. The number of nitrogens with zero attached hydrogens (tertiary/aromatic N) is 4. The van der Waals surface area contributed by atoms with E-state index in [2.05, 4.69) is 25.2 Å². The second-order valence-corrected chi connectivity index (χ2v) is 9.97. The fraction of sp³-hybridized carbons (Fsp3) is 0.267. The van der Waals surface area contributed by atoms with Gasteiger partial charge in [0.1, 0.15) is 5.82 Å². The molecule has 0 aliphatic carbocycles. The number of methoxy groups -OCH3 is 1. The van der Waals surface area contributed by atoms with Crippen molar-refractivity contribution in [3.8, 4) is 22.4 Å². The van der Waals surface area contributed by atoms with Crippen LogP contribution in [0.3, 0.4) is 0 Å². The summed E-state index contributed by atoms with van der Waals surface area (Å²) in [5, 5.41) is 12.8. The Bertz CT molecular complexity index is 1500. The molecule has 0 spiro atoms. The van der Waals surface area contributed by atoms with Gasteiger partial charge in [-0.3, -0.25) is 4.98 Å². The molecule has 0 atom stereocenters. The molecule has 7 nitrogen and oxygen atoms in total. The predicted molar refractivity (Wildman–Crippen MR) is 154 cm³/mol. The number of rotatable bonds is 9. The molecule has 0 bridgehead atoms. The van der Waals surface area contributed by atoms with Crippen LogP contribution in [0.2, 0.25) is 5.02 Å². The molecular formula is C30H30ClFN6O. The van der Waals surface area contributed by atoms with Crippen molar-refractivity contribution >= 4 is 34.4 Å². The summed E-state index contributed by atoms with van der Waals surface area (Å²) in [6, 6.07) is 12.4. The summed E-state index contributed by atoms with van der Waals surface area (Å²) >= 11 is 6.17. The van der Waals surface area contributed by atoms with E-state index in [0.29, 0.717) is 28.0 Å². The van der Waals surface area contributed by atoms with E-state index in [1.54, 1.807) is 31.8 Å². The molecular weight excluding hydrogens is 515 g/mol. The van der Waals surface area contributed by atoms with Gasteiger partial charge in [0.2, 0.25) is 0 Å². The molecule has 1 saturated heterocycles. The van der Waals surface area contributed by atoms with Crippen molar-refractivity contribution in [3.05, 3.63) is 83.7 Å². The monoisotopic (exact) mass is 544 g/mol. The first-order valence-electron chi connectivity index (χ1n) is 12.9. The van der Waals surface area contributed by atoms with Gasteiger partial charge in [0.15, 0.2) is 5.65 Å². The van der Waals surface area contributed by atoms with Gasteiger partial charge in [-0.25, -0.2) is 14.4 Å². The molecule has 4 aromatic rings. The first-order chi connectivity index (χ1) is 19.1. The number of aromatic nitrogens is 3. The Morgan fingerprint density at radius 1 is 1.18 bits per heavy atom. The summed E-state index contributed by atoms with van der Waals surface area (Å²) in [6.45, 7) is 3.74. The normalized spacial score (nSPS) is 15.0. The number of allylic oxidation sites excluding steroid dienone is 1. The van der Waals surface area contributed by atoms with Crippen molar-refractivity contribution in [2.75, 3.05) is 33.4 Å². The molecule has 9 heteroatoms. The number of halogens is 2. The van der Waals surface area contributed by atoms with Crippen molar-refractivity contribution in [1.29, 1.82) is 5.41 Å². The quantitative estimate of drug-likeness (QED) is 0.257. The molecule has 0 saturated carbocycles. The van der Waals surface area contributed by atoms with Gasteiger partial charge in [0.25, 0.3) is 0 Å². The van der Waals surface area contributed by atoms with E-state index in [-0.39, 0.29) is 0 Å². The van der Waals surface area contributed by atoms with Crippen LogP contribution in [0.25, 0.3) is 39.0 Å². The minimum absolute atomic E-state index is 0.304. The number of likely N-dealkylation sites (tertiary alicyclic amines) is 1. The molecule has 3 aromatic heterocycles. The van der Waals surface area contributed by atoms with Gasteiger partial charge in [0.05, 0.1) is 12.3 Å². The molecule has 39 heavy (non-hydrogen) atoms. The predicted octanol–water partition coefficient (Wildman–Crippen LogP) is 5.84. The van der Waals surface area contributed by atoms with Gasteiger partial charge < -0.3 is 20.4 Å². The highest BCUT2D eigenvalue weighted by atomic mass is 35.5. The van der Waals surface area contributed by atoms with E-state index in [4.69, 9.17) is 21.7 Å². The Kier molecular flexibility index (Phi) is 8.56. The molecule has 2 N–H and O–H groups in total. The molecule has 0 radical (unpaired) electrons. The minimum Gasteiger partial charge on any atom is -0.388 e. The number of fused-ring (bicyclic) bond motifs is 1. The van der Waals surface area contributed by atoms with Crippen LogP contribution in [0.5, 0.6) is 0 Å². The van der Waals surface area contributed by atoms with Crippen molar-refractivity contribution in [2.24, 2.45) is 0 Å². The van der Waals surface area contributed by atoms with Crippen LogP contribution >= 0.6 is 11.6 Å². The minimum atomic E-state index is -0.412. The summed E-state index contributed by atoms with van der Waals surface area (Å²) in [4.78, 5) is 15.9. The maximum atomic E-state index is 14.7. The highest BCUT2D eigenvalue weighted by molar-refractivity contribution is 6.30. The summed E-state index contributed by atoms with van der Waals surface area (Å²) in [5.41, 5.74) is 4.39. The lowest BCUT2D eigenvalue weighted by atomic mass is 9.98. The Hall–Kier alpha value is -3.72. The zero-order valence-corrected chi connectivity index (χ0v) is 22.5. The largest absolute Gasteiger partial charge is 0.388 e. The second kappa shape index (κ2) is 12.4. The first-order valence-corrected chi connectivity index (χ1v) is 13.3. The lowest BCUT2D eigenvalue weighted by molar-refractivity contribution is 0.128. The number of nitrogens with one attached hydrogen (secondary N) is 2. The van der Waals surface area contributed by atoms with Gasteiger partial charge in [-0.05, 0) is 60.9 Å². The molecule has 200 valence electrons. The highest BCUT2D eigenvalue weighted by Gasteiger charge is 2.18. The van der Waals surface area contributed by atoms with Crippen LogP contribution in [0, 0.1) is 11.2 Å². The summed E-state index contributed by atoms with van der Waals surface area (Å²) in [7, 11) is 1.73. The maximum Gasteiger partial charge on any atom is 0.160 e. The van der Waals surface area contributed by atoms with E-state index in [9.17, 15) is 4.39 Å². The molecule has 0 unspecified atom stereocenters. The van der Waals surface area contributed by atoms with Gasteiger partial charge in [0, 0.05) is 96.5 Å². The Labute approximate surface area is 232 Å². The van der Waals surface area contributed by atoms with Crippen LogP contribution in [0.15, 0.2) is 67.3 Å². The number of piperidine rings is 1. The van der Waals surface area contributed by atoms with Crippen LogP contribution in [-0.4, -0.2) is 65.5 Å². The third kappa shape index (κ3) is 6.30. The van der Waals surface area contributed by atoms with Crippen molar-refractivity contribution in [3.63, 3.8) is 0 Å². The number of hydrogen-bond acceptors (Lipinski definition) is 7. The second-order valence-electron chi connectivity index (χ2n) is 9.54. The average molecular weight is 545 g/mol. The summed E-state index contributed by atoms with van der Waals surface area (Å²) < 4.78 is 19.9. The zero-order valence-electron chi connectivity index (χ0n) is 21.7. The lowest BCUT2D eigenvalue weighted by Crippen LogP contribution is -2.42. The fourth-order valence-electron chi connectivity index (χ4n) is 4.83. The molecule has 1 aliphatic rings. The average Bonchev–Trinajstić information content (AvgIpc) is 2.98. The van der Waals surface area contributed by atoms with Crippen molar-refractivity contribution in [1.82, 2.24) is 25.2 Å². The lowest BCUT2D eigenvalue weighted by Gasteiger charge is -2.32. The van der Waals surface area contributed by atoms with Gasteiger partial charge in [-0.15, -0.1) is 0 Å². The smallest absolute Gasteiger partial charge is 0.160 e. The number of benzene rings is 1. The van der Waals surface area contributed by atoms with E-state index in [1.807, 2.05) is 30.5 Å². The topological polar surface area (TPSA) is 87.0 Å². The van der Waals surface area contributed by atoms with E-state index in [1.165, 1.54) is 18.3 Å². The molecule has 5 rings (SSSR count). The molecule has 4 heterocycles. The number of pyridine rings is 3. The van der Waals surface area contributed by atoms with E-state index in [0.717, 1.165) is 66.7 Å². The van der Waals surface area contributed by atoms with Crippen molar-refractivity contribution in [2.45, 2.75) is 18.9 Å². The number of ether oxygens (including phenoxy) is 1. The maximum absolute atomic E-state index is 14.7. The molecule has 0 amide bonds. The Balaban J connectivity index is 1.44. The number of hydrogen-bond donors (Lipinski definition) is 2. The van der Waals surface area contributed by atoms with Crippen LogP contribution in [0.4, 0.5) is 4.39 Å². The van der Waals surface area contributed by atoms with Crippen LogP contribution < -0.4 is 5.32 Å². The zero-order chi connectivity index (χ0) is 27.2. The first kappa shape index (κ1) is 26.9. The Morgan fingerprint density at radius 2 is 2.03 bits per heavy atom. The van der Waals surface area contributed by atoms with Crippen LogP contribution in [-0.2, 0) is 4.74 Å². The summed E-state index contributed by atoms with van der Waals surface area (Å²) in [6.07, 6.45) is 10.5. The highest BCUT2D eigenvalue weighted by Crippen LogP contribution is 2.33. The Morgan fingerprint density at radius 3 is 2.82 bits per heavy atom. The van der Waals surface area contributed by atoms with Crippen LogP contribution in [0.1, 0.15) is 18.4 Å². The molecule has 1 aliphatic heterocycles.